The molecule has 4 rings (SSSR count). The molecule has 0 bridgehead atoms. The lowest BCUT2D eigenvalue weighted by atomic mass is 9.68. The number of hydrogen-bond acceptors (Lipinski definition) is 4. The van der Waals surface area contributed by atoms with E-state index >= 15 is 0 Å². The van der Waals surface area contributed by atoms with E-state index in [1.54, 1.807) is 12.1 Å². The zero-order chi connectivity index (χ0) is 23.0. The van der Waals surface area contributed by atoms with E-state index < -0.39 is 11.9 Å². The lowest BCUT2D eigenvalue weighted by molar-refractivity contribution is -0.140. The van der Waals surface area contributed by atoms with E-state index in [4.69, 9.17) is 27.9 Å². The summed E-state index contributed by atoms with van der Waals surface area (Å²) in [5.74, 6) is -0.993. The summed E-state index contributed by atoms with van der Waals surface area (Å²) in [6.07, 6.45) is 1.13. The third-order valence-electron chi connectivity index (χ3n) is 5.95. The van der Waals surface area contributed by atoms with Crippen molar-refractivity contribution in [1.82, 2.24) is 5.32 Å². The number of ketones is 1. The first-order valence-electron chi connectivity index (χ1n) is 10.6. The molecule has 0 saturated carbocycles. The van der Waals surface area contributed by atoms with Gasteiger partial charge in [-0.15, -0.1) is 0 Å². The van der Waals surface area contributed by atoms with Gasteiger partial charge < -0.3 is 10.1 Å². The number of halogens is 2. The van der Waals surface area contributed by atoms with Crippen molar-refractivity contribution in [2.24, 2.45) is 5.41 Å². The van der Waals surface area contributed by atoms with Gasteiger partial charge in [-0.3, -0.25) is 4.79 Å². The van der Waals surface area contributed by atoms with Crippen molar-refractivity contribution in [2.75, 3.05) is 0 Å². The van der Waals surface area contributed by atoms with Crippen LogP contribution in [0.5, 0.6) is 0 Å². The van der Waals surface area contributed by atoms with Crippen LogP contribution in [0.2, 0.25) is 10.0 Å². The Morgan fingerprint density at radius 1 is 1.09 bits per heavy atom. The molecule has 1 aliphatic carbocycles. The van der Waals surface area contributed by atoms with Crippen LogP contribution in [0.15, 0.2) is 71.1 Å². The van der Waals surface area contributed by atoms with E-state index in [0.717, 1.165) is 23.2 Å². The molecule has 1 atom stereocenters. The second kappa shape index (κ2) is 8.76. The number of Topliss-reactive ketones (excluding diaryl/α,β-unsaturated/α-hetero) is 1. The molecule has 1 aliphatic heterocycles. The number of allylic oxidation sites excluding steroid dienone is 3. The van der Waals surface area contributed by atoms with Crippen molar-refractivity contribution in [3.63, 3.8) is 0 Å². The van der Waals surface area contributed by atoms with Crippen LogP contribution < -0.4 is 5.32 Å². The molecular formula is C26H25Cl2NO3. The fourth-order valence-corrected chi connectivity index (χ4v) is 4.84. The number of carbonyl (C=O) groups is 2. The van der Waals surface area contributed by atoms with E-state index in [1.165, 1.54) is 0 Å². The Labute approximate surface area is 198 Å². The molecule has 0 amide bonds. The molecule has 4 nitrogen and oxygen atoms in total. The van der Waals surface area contributed by atoms with Crippen molar-refractivity contribution in [1.29, 1.82) is 0 Å². The Kier molecular flexibility index (Phi) is 6.19. The van der Waals surface area contributed by atoms with Gasteiger partial charge in [-0.1, -0.05) is 73.4 Å². The zero-order valence-corrected chi connectivity index (χ0v) is 19.8. The molecule has 0 aromatic heterocycles. The highest BCUT2D eigenvalue weighted by atomic mass is 35.5. The largest absolute Gasteiger partial charge is 0.457 e. The second-order valence-corrected chi connectivity index (χ2v) is 9.98. The van der Waals surface area contributed by atoms with Gasteiger partial charge >= 0.3 is 5.97 Å². The van der Waals surface area contributed by atoms with E-state index in [2.05, 4.69) is 19.2 Å². The Balaban J connectivity index is 1.76. The van der Waals surface area contributed by atoms with Crippen molar-refractivity contribution >= 4 is 35.0 Å². The van der Waals surface area contributed by atoms with Crippen molar-refractivity contribution in [3.8, 4) is 0 Å². The maximum atomic E-state index is 13.3. The normalized spacial score (nSPS) is 20.0. The highest BCUT2D eigenvalue weighted by molar-refractivity contribution is 6.42. The molecular weight excluding hydrogens is 445 g/mol. The standard InChI is InChI=1S/C26H25Cl2NO3/c1-15-22(25(31)32-14-16-7-5-4-6-8-16)23(17-9-10-18(27)19(28)11-17)24-20(29-15)12-26(2,3)13-21(24)30/h4-11,23,29H,12-14H2,1-3H3/t23-/m0/s1. The van der Waals surface area contributed by atoms with Crippen LogP contribution in [-0.4, -0.2) is 11.8 Å². The molecule has 1 N–H and O–H groups in total. The van der Waals surface area contributed by atoms with Gasteiger partial charge in [0.2, 0.25) is 0 Å². The van der Waals surface area contributed by atoms with E-state index in [0.29, 0.717) is 33.3 Å². The van der Waals surface area contributed by atoms with Crippen LogP contribution in [0.25, 0.3) is 0 Å². The number of dihydropyridines is 1. The maximum absolute atomic E-state index is 13.3. The maximum Gasteiger partial charge on any atom is 0.337 e. The summed E-state index contributed by atoms with van der Waals surface area (Å²) in [7, 11) is 0. The first-order chi connectivity index (χ1) is 15.2. The van der Waals surface area contributed by atoms with Crippen LogP contribution in [-0.2, 0) is 20.9 Å². The highest BCUT2D eigenvalue weighted by Crippen LogP contribution is 2.47. The van der Waals surface area contributed by atoms with Crippen LogP contribution >= 0.6 is 23.2 Å². The SMILES string of the molecule is CC1=C(C(=O)OCc2ccccc2)[C@H](c2ccc(Cl)c(Cl)c2)C2=C(CC(C)(C)CC2=O)N1. The number of benzene rings is 2. The zero-order valence-electron chi connectivity index (χ0n) is 18.3. The Morgan fingerprint density at radius 3 is 2.50 bits per heavy atom. The highest BCUT2D eigenvalue weighted by Gasteiger charge is 2.43. The monoisotopic (exact) mass is 469 g/mol. The number of hydrogen-bond donors (Lipinski definition) is 1. The number of carbonyl (C=O) groups excluding carboxylic acids is 2. The lowest BCUT2D eigenvalue weighted by Crippen LogP contribution is -2.38. The Bertz CT molecular complexity index is 1150. The average molecular weight is 470 g/mol. The van der Waals surface area contributed by atoms with Gasteiger partial charge in [0.05, 0.1) is 15.6 Å². The minimum atomic E-state index is -0.562. The molecule has 2 aromatic carbocycles. The first-order valence-corrected chi connectivity index (χ1v) is 11.3. The number of ether oxygens (including phenoxy) is 1. The fraction of sp³-hybridized carbons (Fsp3) is 0.308. The predicted molar refractivity (Wildman–Crippen MR) is 126 cm³/mol. The summed E-state index contributed by atoms with van der Waals surface area (Å²) in [4.78, 5) is 26.6. The van der Waals surface area contributed by atoms with Gasteiger partial charge in [-0.25, -0.2) is 4.79 Å². The van der Waals surface area contributed by atoms with E-state index in [1.807, 2.05) is 43.3 Å². The van der Waals surface area contributed by atoms with Gasteiger partial charge in [0.15, 0.2) is 5.78 Å². The molecule has 6 heteroatoms. The molecule has 166 valence electrons. The number of rotatable bonds is 4. The lowest BCUT2D eigenvalue weighted by Gasteiger charge is -2.39. The van der Waals surface area contributed by atoms with Crippen LogP contribution in [0, 0.1) is 5.41 Å². The fourth-order valence-electron chi connectivity index (χ4n) is 4.53. The van der Waals surface area contributed by atoms with Gasteiger partial charge in [0.25, 0.3) is 0 Å². The minimum absolute atomic E-state index is 0.0284. The van der Waals surface area contributed by atoms with E-state index in [9.17, 15) is 9.59 Å². The summed E-state index contributed by atoms with van der Waals surface area (Å²) in [6.45, 7) is 6.15. The average Bonchev–Trinajstić information content (AvgIpc) is 2.73. The second-order valence-electron chi connectivity index (χ2n) is 9.17. The van der Waals surface area contributed by atoms with Crippen LogP contribution in [0.4, 0.5) is 0 Å². The number of esters is 1. The smallest absolute Gasteiger partial charge is 0.337 e. The van der Waals surface area contributed by atoms with Gasteiger partial charge in [-0.2, -0.15) is 0 Å². The first kappa shape index (κ1) is 22.6. The summed E-state index contributed by atoms with van der Waals surface area (Å²) < 4.78 is 5.67. The summed E-state index contributed by atoms with van der Waals surface area (Å²) in [6, 6.07) is 14.8. The summed E-state index contributed by atoms with van der Waals surface area (Å²) >= 11 is 12.5. The summed E-state index contributed by atoms with van der Waals surface area (Å²) in [5.41, 5.74) is 4.06. The van der Waals surface area contributed by atoms with Gasteiger partial charge in [0.1, 0.15) is 6.61 Å². The van der Waals surface area contributed by atoms with Crippen molar-refractivity contribution in [3.05, 3.63) is 92.2 Å². The molecule has 0 unspecified atom stereocenters. The molecule has 1 heterocycles. The topological polar surface area (TPSA) is 55.4 Å². The Hall–Kier alpha value is -2.56. The Morgan fingerprint density at radius 2 is 1.81 bits per heavy atom. The molecule has 32 heavy (non-hydrogen) atoms. The third kappa shape index (κ3) is 4.48. The molecule has 2 aliphatic rings. The third-order valence-corrected chi connectivity index (χ3v) is 6.69. The van der Waals surface area contributed by atoms with Crippen LogP contribution in [0.1, 0.15) is 50.7 Å². The predicted octanol–water partition coefficient (Wildman–Crippen LogP) is 6.34. The molecule has 0 fully saturated rings. The molecule has 0 radical (unpaired) electrons. The van der Waals surface area contributed by atoms with Crippen LogP contribution in [0.3, 0.4) is 0 Å². The quantitative estimate of drug-likeness (QED) is 0.530. The van der Waals surface area contributed by atoms with E-state index in [-0.39, 0.29) is 17.8 Å². The van der Waals surface area contributed by atoms with Gasteiger partial charge in [0, 0.05) is 29.3 Å². The minimum Gasteiger partial charge on any atom is -0.457 e. The van der Waals surface area contributed by atoms with Crippen molar-refractivity contribution in [2.45, 2.75) is 46.1 Å². The van der Waals surface area contributed by atoms with Crippen molar-refractivity contribution < 1.29 is 14.3 Å². The molecule has 2 aromatic rings. The molecule has 0 saturated heterocycles. The summed E-state index contributed by atoms with van der Waals surface area (Å²) in [5, 5.41) is 4.14. The molecule has 0 spiro atoms. The van der Waals surface area contributed by atoms with Gasteiger partial charge in [-0.05, 0) is 42.0 Å². The number of nitrogens with one attached hydrogen (secondary N) is 1.